The Kier molecular flexibility index (Phi) is 4.10. The Bertz CT molecular complexity index is 788. The normalized spacial score (nSPS) is 31.5. The molecule has 0 N–H and O–H groups in total. The predicted molar refractivity (Wildman–Crippen MR) is 98.3 cm³/mol. The van der Waals surface area contributed by atoms with E-state index < -0.39 is 17.4 Å². The van der Waals surface area contributed by atoms with Crippen LogP contribution in [0.2, 0.25) is 0 Å². The van der Waals surface area contributed by atoms with Gasteiger partial charge in [0.25, 0.3) is 0 Å². The molecule has 2 amide bonds. The quantitative estimate of drug-likeness (QED) is 0.746. The smallest absolute Gasteiger partial charge is 0.230 e. The fraction of sp³-hybridized carbons (Fsp3) is 0.600. The molecule has 4 atom stereocenters. The number of nitrogens with zero attached hydrogens (tertiary/aromatic N) is 4. The van der Waals surface area contributed by atoms with Crippen LogP contribution in [0, 0.1) is 17.3 Å². The first-order valence-corrected chi connectivity index (χ1v) is 9.36. The zero-order valence-corrected chi connectivity index (χ0v) is 16.3. The van der Waals surface area contributed by atoms with E-state index >= 15 is 0 Å². The first kappa shape index (κ1) is 18.1. The van der Waals surface area contributed by atoms with Gasteiger partial charge in [0, 0.05) is 26.0 Å². The van der Waals surface area contributed by atoms with Crippen LogP contribution in [0.5, 0.6) is 0 Å². The van der Waals surface area contributed by atoms with Crippen LogP contribution in [0.3, 0.4) is 0 Å². The SMILES string of the molecule is CN(Cc1cnccn1)C(=O)C1C2C(=O)N(CC(C)(C)C)C[C@]23C=C[C@H]1O3. The van der Waals surface area contributed by atoms with Crippen molar-refractivity contribution in [2.45, 2.75) is 39.0 Å². The second kappa shape index (κ2) is 6.12. The molecule has 1 spiro atoms. The number of fused-ring (bicyclic) bond motifs is 1. The van der Waals surface area contributed by atoms with Crippen molar-refractivity contribution in [3.63, 3.8) is 0 Å². The molecular weight excluding hydrogens is 344 g/mol. The minimum atomic E-state index is -0.652. The van der Waals surface area contributed by atoms with Crippen molar-refractivity contribution in [2.75, 3.05) is 20.1 Å². The molecule has 2 saturated heterocycles. The lowest BCUT2D eigenvalue weighted by atomic mass is 9.76. The topological polar surface area (TPSA) is 75.6 Å². The van der Waals surface area contributed by atoms with E-state index in [9.17, 15) is 9.59 Å². The Morgan fingerprint density at radius 2 is 2.19 bits per heavy atom. The molecule has 4 heterocycles. The summed E-state index contributed by atoms with van der Waals surface area (Å²) >= 11 is 0. The lowest BCUT2D eigenvalue weighted by molar-refractivity contribution is -0.143. The van der Waals surface area contributed by atoms with Gasteiger partial charge in [0.15, 0.2) is 0 Å². The standard InChI is InChI=1S/C20H26N4O3/c1-19(2,3)11-24-12-20-6-5-14(27-20)15(16(20)18(24)26)17(25)23(4)10-13-9-21-7-8-22-13/h5-9,14-16H,10-12H2,1-4H3/t14-,15?,16?,20-/m1/s1. The van der Waals surface area contributed by atoms with E-state index in [4.69, 9.17) is 4.74 Å². The summed E-state index contributed by atoms with van der Waals surface area (Å²) < 4.78 is 6.18. The van der Waals surface area contributed by atoms with E-state index in [1.54, 1.807) is 30.5 Å². The molecule has 2 unspecified atom stereocenters. The van der Waals surface area contributed by atoms with Crippen LogP contribution in [-0.4, -0.2) is 63.4 Å². The first-order valence-electron chi connectivity index (χ1n) is 9.36. The molecule has 27 heavy (non-hydrogen) atoms. The van der Waals surface area contributed by atoms with Gasteiger partial charge in [-0.1, -0.05) is 32.9 Å². The molecule has 0 saturated carbocycles. The largest absolute Gasteiger partial charge is 0.360 e. The Morgan fingerprint density at radius 1 is 1.41 bits per heavy atom. The molecule has 3 aliphatic rings. The number of carbonyl (C=O) groups excluding carboxylic acids is 2. The first-order chi connectivity index (χ1) is 12.7. The van der Waals surface area contributed by atoms with Crippen LogP contribution in [0.15, 0.2) is 30.7 Å². The molecule has 0 radical (unpaired) electrons. The number of hydrogen-bond acceptors (Lipinski definition) is 5. The van der Waals surface area contributed by atoms with Gasteiger partial charge in [-0.25, -0.2) is 0 Å². The third-order valence-electron chi connectivity index (χ3n) is 5.52. The van der Waals surface area contributed by atoms with Crippen LogP contribution < -0.4 is 0 Å². The Balaban J connectivity index is 1.55. The lowest BCUT2D eigenvalue weighted by Crippen LogP contribution is -2.45. The summed E-state index contributed by atoms with van der Waals surface area (Å²) in [6, 6.07) is 0. The van der Waals surface area contributed by atoms with E-state index in [1.807, 2.05) is 17.1 Å². The molecule has 144 valence electrons. The van der Waals surface area contributed by atoms with Crippen LogP contribution in [0.1, 0.15) is 26.5 Å². The van der Waals surface area contributed by atoms with Gasteiger partial charge < -0.3 is 14.5 Å². The summed E-state index contributed by atoms with van der Waals surface area (Å²) in [5.41, 5.74) is 0.0603. The van der Waals surface area contributed by atoms with E-state index in [1.165, 1.54) is 0 Å². The van der Waals surface area contributed by atoms with Crippen molar-refractivity contribution in [3.8, 4) is 0 Å². The van der Waals surface area contributed by atoms with Crippen molar-refractivity contribution in [1.82, 2.24) is 19.8 Å². The maximum Gasteiger partial charge on any atom is 0.230 e. The number of amides is 2. The fourth-order valence-corrected chi connectivity index (χ4v) is 4.55. The molecule has 2 fully saturated rings. The highest BCUT2D eigenvalue weighted by Crippen LogP contribution is 2.52. The molecule has 4 rings (SSSR count). The number of aromatic nitrogens is 2. The number of carbonyl (C=O) groups is 2. The van der Waals surface area contributed by atoms with Gasteiger partial charge in [0.05, 0.1) is 42.9 Å². The monoisotopic (exact) mass is 370 g/mol. The highest BCUT2D eigenvalue weighted by atomic mass is 16.5. The Labute approximate surface area is 159 Å². The third kappa shape index (κ3) is 3.04. The zero-order chi connectivity index (χ0) is 19.4. The summed E-state index contributed by atoms with van der Waals surface area (Å²) in [5.74, 6) is -0.961. The minimum absolute atomic E-state index is 0.00503. The van der Waals surface area contributed by atoms with Gasteiger partial charge >= 0.3 is 0 Å². The van der Waals surface area contributed by atoms with E-state index in [0.29, 0.717) is 19.6 Å². The fourth-order valence-electron chi connectivity index (χ4n) is 4.55. The van der Waals surface area contributed by atoms with Gasteiger partial charge in [0.2, 0.25) is 11.8 Å². The second-order valence-electron chi connectivity index (χ2n) is 9.05. The van der Waals surface area contributed by atoms with Gasteiger partial charge in [-0.3, -0.25) is 19.6 Å². The van der Waals surface area contributed by atoms with Crippen molar-refractivity contribution in [3.05, 3.63) is 36.4 Å². The predicted octanol–water partition coefficient (Wildman–Crippen LogP) is 1.26. The van der Waals surface area contributed by atoms with E-state index in [0.717, 1.165) is 5.69 Å². The summed E-state index contributed by atoms with van der Waals surface area (Å²) in [5, 5.41) is 0. The Morgan fingerprint density at radius 3 is 2.85 bits per heavy atom. The van der Waals surface area contributed by atoms with Crippen LogP contribution >= 0.6 is 0 Å². The second-order valence-corrected chi connectivity index (χ2v) is 9.05. The molecule has 1 aromatic heterocycles. The molecule has 0 aliphatic carbocycles. The highest BCUT2D eigenvalue weighted by Gasteiger charge is 2.67. The van der Waals surface area contributed by atoms with Crippen molar-refractivity contribution < 1.29 is 14.3 Å². The highest BCUT2D eigenvalue weighted by molar-refractivity contribution is 5.93. The van der Waals surface area contributed by atoms with Gasteiger partial charge in [-0.15, -0.1) is 0 Å². The molecule has 0 aromatic carbocycles. The lowest BCUT2D eigenvalue weighted by Gasteiger charge is -2.29. The van der Waals surface area contributed by atoms with Gasteiger partial charge in [-0.2, -0.15) is 0 Å². The van der Waals surface area contributed by atoms with Crippen molar-refractivity contribution >= 4 is 11.8 Å². The number of ether oxygens (including phenoxy) is 1. The number of rotatable bonds is 4. The molecular formula is C20H26N4O3. The molecule has 2 bridgehead atoms. The summed E-state index contributed by atoms with van der Waals surface area (Å²) in [7, 11) is 1.74. The number of likely N-dealkylation sites (tertiary alicyclic amines) is 1. The summed E-state index contributed by atoms with van der Waals surface area (Å²) in [6.07, 6.45) is 8.47. The summed E-state index contributed by atoms with van der Waals surface area (Å²) in [4.78, 5) is 38.1. The maximum atomic E-state index is 13.2. The van der Waals surface area contributed by atoms with Crippen molar-refractivity contribution in [2.24, 2.45) is 17.3 Å². The maximum absolute atomic E-state index is 13.2. The van der Waals surface area contributed by atoms with Crippen LogP contribution in [-0.2, 0) is 20.9 Å². The zero-order valence-electron chi connectivity index (χ0n) is 16.3. The third-order valence-corrected chi connectivity index (χ3v) is 5.52. The minimum Gasteiger partial charge on any atom is -0.360 e. The average Bonchev–Trinajstić information content (AvgIpc) is 3.22. The number of hydrogen-bond donors (Lipinski definition) is 0. The molecule has 7 heteroatoms. The van der Waals surface area contributed by atoms with Crippen LogP contribution in [0.25, 0.3) is 0 Å². The Hall–Kier alpha value is -2.28. The molecule has 3 aliphatic heterocycles. The van der Waals surface area contributed by atoms with Gasteiger partial charge in [0.1, 0.15) is 5.60 Å². The summed E-state index contributed by atoms with van der Waals surface area (Å²) in [6.45, 7) is 7.87. The van der Waals surface area contributed by atoms with Gasteiger partial charge in [-0.05, 0) is 5.41 Å². The molecule has 1 aromatic rings. The average molecular weight is 370 g/mol. The van der Waals surface area contributed by atoms with E-state index in [2.05, 4.69) is 30.7 Å². The molecule has 7 nitrogen and oxygen atoms in total. The van der Waals surface area contributed by atoms with E-state index in [-0.39, 0.29) is 23.3 Å². The van der Waals surface area contributed by atoms with Crippen molar-refractivity contribution in [1.29, 1.82) is 0 Å². The van der Waals surface area contributed by atoms with Crippen LogP contribution in [0.4, 0.5) is 0 Å².